The fourth-order valence-corrected chi connectivity index (χ4v) is 1.25. The average molecular weight is 189 g/mol. The van der Waals surface area contributed by atoms with Crippen molar-refractivity contribution >= 4 is 5.91 Å². The summed E-state index contributed by atoms with van der Waals surface area (Å²) >= 11 is 0. The van der Waals surface area contributed by atoms with E-state index in [1.54, 1.807) is 0 Å². The molecule has 0 aromatic heterocycles. The number of allylic oxidation sites excluding steroid dienone is 1. The van der Waals surface area contributed by atoms with Gasteiger partial charge in [-0.15, -0.1) is 0 Å². The highest BCUT2D eigenvalue weighted by atomic mass is 16.1. The zero-order chi connectivity index (χ0) is 10.6. The summed E-state index contributed by atoms with van der Waals surface area (Å²) in [5.74, 6) is -0.408. The van der Waals surface area contributed by atoms with Crippen LogP contribution in [0.3, 0.4) is 0 Å². The van der Waals surface area contributed by atoms with Crippen LogP contribution in [0.4, 0.5) is 0 Å². The Bertz CT molecular complexity index is 339. The van der Waals surface area contributed by atoms with Crippen molar-refractivity contribution < 1.29 is 4.79 Å². The summed E-state index contributed by atoms with van der Waals surface area (Å²) in [5, 5.41) is 0. The number of benzene rings is 1. The molecule has 0 atom stereocenters. The van der Waals surface area contributed by atoms with Crippen LogP contribution >= 0.6 is 0 Å². The number of hydrogen-bond acceptors (Lipinski definition) is 1. The number of carbonyl (C=O) groups excluding carboxylic acids is 1. The summed E-state index contributed by atoms with van der Waals surface area (Å²) in [5.41, 5.74) is 6.06. The van der Waals surface area contributed by atoms with E-state index < -0.39 is 5.91 Å². The monoisotopic (exact) mass is 189 g/mol. The molecule has 1 amide bonds. The highest BCUT2D eigenvalue weighted by molar-refractivity contribution is 5.85. The zero-order valence-electron chi connectivity index (χ0n) is 8.53. The van der Waals surface area contributed by atoms with Gasteiger partial charge in [-0.2, -0.15) is 0 Å². The first-order chi connectivity index (χ1) is 6.52. The third kappa shape index (κ3) is 2.73. The van der Waals surface area contributed by atoms with Crippen LogP contribution in [0.5, 0.6) is 0 Å². The zero-order valence-corrected chi connectivity index (χ0v) is 8.53. The van der Waals surface area contributed by atoms with Crippen molar-refractivity contribution in [3.05, 3.63) is 48.0 Å². The summed E-state index contributed by atoms with van der Waals surface area (Å²) in [6.45, 7) is 4.09. The third-order valence-corrected chi connectivity index (χ3v) is 2.18. The molecule has 74 valence electrons. The van der Waals surface area contributed by atoms with Gasteiger partial charge >= 0.3 is 0 Å². The van der Waals surface area contributed by atoms with E-state index >= 15 is 0 Å². The number of nitrogens with two attached hydrogens (primary N) is 1. The van der Waals surface area contributed by atoms with E-state index in [1.165, 1.54) is 6.08 Å². The van der Waals surface area contributed by atoms with E-state index in [9.17, 15) is 4.79 Å². The Labute approximate surface area is 84.4 Å². The van der Waals surface area contributed by atoms with E-state index in [0.29, 0.717) is 0 Å². The molecule has 0 heterocycles. The molecular weight excluding hydrogens is 174 g/mol. The van der Waals surface area contributed by atoms with Crippen molar-refractivity contribution in [3.8, 4) is 0 Å². The second-order valence-corrected chi connectivity index (χ2v) is 3.82. The Balaban J connectivity index is 2.91. The van der Waals surface area contributed by atoms with E-state index in [1.807, 2.05) is 50.3 Å². The van der Waals surface area contributed by atoms with Gasteiger partial charge < -0.3 is 5.73 Å². The molecular formula is C12H15NO. The second-order valence-electron chi connectivity index (χ2n) is 3.82. The smallest absolute Gasteiger partial charge is 0.241 e. The maximum Gasteiger partial charge on any atom is 0.241 e. The van der Waals surface area contributed by atoms with Gasteiger partial charge in [-0.1, -0.05) is 50.3 Å². The van der Waals surface area contributed by atoms with Gasteiger partial charge in [-0.25, -0.2) is 0 Å². The fourth-order valence-electron chi connectivity index (χ4n) is 1.25. The van der Waals surface area contributed by atoms with Crippen molar-refractivity contribution in [2.24, 2.45) is 5.73 Å². The molecule has 0 bridgehead atoms. The molecule has 1 aromatic rings. The van der Waals surface area contributed by atoms with Gasteiger partial charge in [0.05, 0.1) is 0 Å². The maximum atomic E-state index is 10.6. The predicted octanol–water partition coefficient (Wildman–Crippen LogP) is 2.01. The quantitative estimate of drug-likeness (QED) is 0.726. The summed E-state index contributed by atoms with van der Waals surface area (Å²) < 4.78 is 0. The molecule has 0 spiro atoms. The van der Waals surface area contributed by atoms with E-state index in [-0.39, 0.29) is 5.41 Å². The minimum Gasteiger partial charge on any atom is -0.366 e. The molecule has 0 saturated heterocycles. The van der Waals surface area contributed by atoms with Crippen LogP contribution in [0.15, 0.2) is 42.5 Å². The minimum atomic E-state index is -0.408. The van der Waals surface area contributed by atoms with Gasteiger partial charge in [0, 0.05) is 5.41 Å². The number of carbonyl (C=O) groups is 1. The molecule has 0 radical (unpaired) electrons. The lowest BCUT2D eigenvalue weighted by Gasteiger charge is -2.20. The summed E-state index contributed by atoms with van der Waals surface area (Å²) in [6, 6.07) is 10.00. The molecule has 0 aliphatic carbocycles. The summed E-state index contributed by atoms with van der Waals surface area (Å²) in [6.07, 6.45) is 3.23. The van der Waals surface area contributed by atoms with E-state index in [0.717, 1.165) is 5.56 Å². The van der Waals surface area contributed by atoms with Crippen LogP contribution < -0.4 is 5.73 Å². The molecule has 14 heavy (non-hydrogen) atoms. The normalized spacial score (nSPS) is 11.9. The van der Waals surface area contributed by atoms with Crippen molar-refractivity contribution in [1.82, 2.24) is 0 Å². The van der Waals surface area contributed by atoms with Gasteiger partial charge in [-0.3, -0.25) is 4.79 Å². The first kappa shape index (κ1) is 10.5. The van der Waals surface area contributed by atoms with Crippen molar-refractivity contribution in [2.45, 2.75) is 19.3 Å². The lowest BCUT2D eigenvalue weighted by atomic mass is 9.84. The molecule has 0 aliphatic rings. The molecule has 0 unspecified atom stereocenters. The van der Waals surface area contributed by atoms with E-state index in [4.69, 9.17) is 5.73 Å². The van der Waals surface area contributed by atoms with Gasteiger partial charge in [0.1, 0.15) is 0 Å². The maximum absolute atomic E-state index is 10.6. The molecule has 0 saturated carbocycles. The molecule has 0 fully saturated rings. The minimum absolute atomic E-state index is 0.156. The van der Waals surface area contributed by atoms with Gasteiger partial charge in [-0.05, 0) is 11.6 Å². The summed E-state index contributed by atoms with van der Waals surface area (Å²) in [4.78, 5) is 10.6. The third-order valence-electron chi connectivity index (χ3n) is 2.18. The first-order valence-electron chi connectivity index (χ1n) is 4.56. The highest BCUT2D eigenvalue weighted by Gasteiger charge is 2.15. The van der Waals surface area contributed by atoms with Crippen LogP contribution in [0, 0.1) is 0 Å². The van der Waals surface area contributed by atoms with Crippen LogP contribution in [0.2, 0.25) is 0 Å². The van der Waals surface area contributed by atoms with Crippen molar-refractivity contribution in [3.63, 3.8) is 0 Å². The molecule has 2 N–H and O–H groups in total. The molecule has 2 nitrogen and oxygen atoms in total. The number of amides is 1. The SMILES string of the molecule is CC(C)(/C=C/C(N)=O)c1ccccc1. The van der Waals surface area contributed by atoms with Gasteiger partial charge in [0.2, 0.25) is 5.91 Å². The lowest BCUT2D eigenvalue weighted by Crippen LogP contribution is -2.15. The second kappa shape index (κ2) is 4.09. The van der Waals surface area contributed by atoms with Gasteiger partial charge in [0.25, 0.3) is 0 Å². The Morgan fingerprint density at radius 1 is 1.29 bits per heavy atom. The largest absolute Gasteiger partial charge is 0.366 e. The number of hydrogen-bond donors (Lipinski definition) is 1. The number of rotatable bonds is 3. The highest BCUT2D eigenvalue weighted by Crippen LogP contribution is 2.23. The number of primary amides is 1. The Morgan fingerprint density at radius 3 is 2.36 bits per heavy atom. The lowest BCUT2D eigenvalue weighted by molar-refractivity contribution is -0.113. The Morgan fingerprint density at radius 2 is 1.86 bits per heavy atom. The van der Waals surface area contributed by atoms with Crippen LogP contribution in [0.1, 0.15) is 19.4 Å². The average Bonchev–Trinajstić information content (AvgIpc) is 2.16. The molecule has 1 rings (SSSR count). The first-order valence-corrected chi connectivity index (χ1v) is 4.56. The topological polar surface area (TPSA) is 43.1 Å². The fraction of sp³-hybridized carbons (Fsp3) is 0.250. The molecule has 2 heteroatoms. The Kier molecular flexibility index (Phi) is 3.07. The van der Waals surface area contributed by atoms with E-state index in [2.05, 4.69) is 0 Å². The Hall–Kier alpha value is -1.57. The van der Waals surface area contributed by atoms with Crippen LogP contribution in [0.25, 0.3) is 0 Å². The van der Waals surface area contributed by atoms with Crippen molar-refractivity contribution in [1.29, 1.82) is 0 Å². The molecule has 0 aliphatic heterocycles. The summed E-state index contributed by atoms with van der Waals surface area (Å²) in [7, 11) is 0. The predicted molar refractivity (Wildman–Crippen MR) is 57.8 cm³/mol. The standard InChI is InChI=1S/C12H15NO/c1-12(2,9-8-11(13)14)10-6-4-3-5-7-10/h3-9H,1-2H3,(H2,13,14)/b9-8+. The van der Waals surface area contributed by atoms with Crippen molar-refractivity contribution in [2.75, 3.05) is 0 Å². The van der Waals surface area contributed by atoms with Crippen LogP contribution in [-0.2, 0) is 10.2 Å². The molecule has 1 aromatic carbocycles. The van der Waals surface area contributed by atoms with Gasteiger partial charge in [0.15, 0.2) is 0 Å². The van der Waals surface area contributed by atoms with Crippen LogP contribution in [-0.4, -0.2) is 5.91 Å².